The van der Waals surface area contributed by atoms with Gasteiger partial charge in [0.15, 0.2) is 0 Å². The molecular formula is C13H23NO. The third-order valence-corrected chi connectivity index (χ3v) is 4.30. The number of fused-ring (bicyclic) bond motifs is 1. The van der Waals surface area contributed by atoms with Crippen LogP contribution in [0.1, 0.15) is 47.0 Å². The van der Waals surface area contributed by atoms with Crippen LogP contribution in [-0.4, -0.2) is 11.8 Å². The molecule has 0 amide bonds. The minimum Gasteiger partial charge on any atom is -0.392 e. The summed E-state index contributed by atoms with van der Waals surface area (Å²) in [5, 5.41) is 4.38. The van der Waals surface area contributed by atoms with Gasteiger partial charge in [0.05, 0.1) is 5.71 Å². The molecule has 0 unspecified atom stereocenters. The minimum atomic E-state index is 0.385. The molecule has 0 aromatic carbocycles. The van der Waals surface area contributed by atoms with Crippen molar-refractivity contribution in [3.63, 3.8) is 0 Å². The van der Waals surface area contributed by atoms with Gasteiger partial charge in [-0.15, -0.1) is 0 Å². The monoisotopic (exact) mass is 209 g/mol. The van der Waals surface area contributed by atoms with Gasteiger partial charge in [0.1, 0.15) is 6.10 Å². The van der Waals surface area contributed by atoms with Crippen LogP contribution in [0, 0.1) is 23.7 Å². The first-order chi connectivity index (χ1) is 7.19. The normalized spacial score (nSPS) is 39.1. The highest BCUT2D eigenvalue weighted by Gasteiger charge is 2.48. The topological polar surface area (TPSA) is 21.6 Å². The Kier molecular flexibility index (Phi) is 3.03. The molecule has 1 aliphatic heterocycles. The molecule has 0 aromatic rings. The van der Waals surface area contributed by atoms with E-state index in [2.05, 4.69) is 32.9 Å². The molecule has 0 aromatic heterocycles. The molecule has 0 saturated heterocycles. The molecule has 1 fully saturated rings. The first kappa shape index (κ1) is 11.0. The van der Waals surface area contributed by atoms with E-state index in [0.717, 1.165) is 5.92 Å². The molecule has 1 aliphatic carbocycles. The van der Waals surface area contributed by atoms with Gasteiger partial charge in [-0.25, -0.2) is 0 Å². The van der Waals surface area contributed by atoms with Crippen LogP contribution in [0.3, 0.4) is 0 Å². The molecule has 2 nitrogen and oxygen atoms in total. The Balaban J connectivity index is 2.15. The lowest BCUT2D eigenvalue weighted by Crippen LogP contribution is -2.28. The Hall–Kier alpha value is -0.530. The number of hydrogen-bond donors (Lipinski definition) is 0. The number of nitrogens with zero attached hydrogens (tertiary/aromatic N) is 1. The summed E-state index contributed by atoms with van der Waals surface area (Å²) in [4.78, 5) is 5.64. The summed E-state index contributed by atoms with van der Waals surface area (Å²) in [6.45, 7) is 9.17. The van der Waals surface area contributed by atoms with Gasteiger partial charge < -0.3 is 4.84 Å². The molecule has 2 heteroatoms. The van der Waals surface area contributed by atoms with E-state index in [-0.39, 0.29) is 0 Å². The highest BCUT2D eigenvalue weighted by Crippen LogP contribution is 2.44. The Morgan fingerprint density at radius 1 is 1.27 bits per heavy atom. The van der Waals surface area contributed by atoms with Crippen LogP contribution in [0.25, 0.3) is 0 Å². The van der Waals surface area contributed by atoms with E-state index in [1.807, 2.05) is 0 Å². The van der Waals surface area contributed by atoms with Crippen LogP contribution >= 0.6 is 0 Å². The van der Waals surface area contributed by atoms with Crippen molar-refractivity contribution in [1.82, 2.24) is 0 Å². The number of oxime groups is 1. The van der Waals surface area contributed by atoms with Crippen molar-refractivity contribution < 1.29 is 4.84 Å². The van der Waals surface area contributed by atoms with Crippen LogP contribution in [0.4, 0.5) is 0 Å². The van der Waals surface area contributed by atoms with Crippen LogP contribution < -0.4 is 0 Å². The summed E-state index contributed by atoms with van der Waals surface area (Å²) < 4.78 is 0. The van der Waals surface area contributed by atoms with E-state index in [1.54, 1.807) is 0 Å². The van der Waals surface area contributed by atoms with Crippen LogP contribution in [0.15, 0.2) is 5.16 Å². The summed E-state index contributed by atoms with van der Waals surface area (Å²) in [7, 11) is 0. The Labute approximate surface area is 93.1 Å². The first-order valence-corrected chi connectivity index (χ1v) is 6.42. The lowest BCUT2D eigenvalue weighted by molar-refractivity contribution is 0.0448. The second-order valence-corrected chi connectivity index (χ2v) is 5.32. The maximum atomic E-state index is 5.64. The fourth-order valence-corrected chi connectivity index (χ4v) is 3.41. The molecule has 2 aliphatic rings. The van der Waals surface area contributed by atoms with Crippen molar-refractivity contribution >= 4 is 5.71 Å². The maximum absolute atomic E-state index is 5.64. The largest absolute Gasteiger partial charge is 0.392 e. The fourth-order valence-electron chi connectivity index (χ4n) is 3.41. The van der Waals surface area contributed by atoms with Gasteiger partial charge in [0.25, 0.3) is 0 Å². The van der Waals surface area contributed by atoms with E-state index >= 15 is 0 Å². The van der Waals surface area contributed by atoms with Gasteiger partial charge in [0, 0.05) is 11.8 Å². The minimum absolute atomic E-state index is 0.385. The van der Waals surface area contributed by atoms with Crippen molar-refractivity contribution in [3.05, 3.63) is 0 Å². The van der Waals surface area contributed by atoms with Crippen molar-refractivity contribution in [3.8, 4) is 0 Å². The van der Waals surface area contributed by atoms with Gasteiger partial charge in [-0.1, -0.05) is 32.9 Å². The summed E-state index contributed by atoms with van der Waals surface area (Å²) in [5.74, 6) is 2.70. The third-order valence-electron chi connectivity index (χ3n) is 4.30. The van der Waals surface area contributed by atoms with Crippen LogP contribution in [0.5, 0.6) is 0 Å². The predicted octanol–water partition coefficient (Wildman–Crippen LogP) is 3.47. The molecule has 1 heterocycles. The maximum Gasteiger partial charge on any atom is 0.138 e. The molecule has 86 valence electrons. The molecular weight excluding hydrogens is 186 g/mol. The van der Waals surface area contributed by atoms with Gasteiger partial charge in [-0.3, -0.25) is 0 Å². The van der Waals surface area contributed by atoms with Crippen LogP contribution in [0.2, 0.25) is 0 Å². The quantitative estimate of drug-likeness (QED) is 0.697. The third kappa shape index (κ3) is 1.68. The van der Waals surface area contributed by atoms with Crippen molar-refractivity contribution in [2.45, 2.75) is 53.1 Å². The Morgan fingerprint density at radius 3 is 2.53 bits per heavy atom. The van der Waals surface area contributed by atoms with Crippen molar-refractivity contribution in [2.75, 3.05) is 0 Å². The standard InChI is InChI=1S/C13H23NO/c1-5-10(6-2)12-11-8(3)7-9(4)13(11)15-14-12/h8-11,13H,5-7H2,1-4H3/t8-,9+,11-,13-/m1/s1. The van der Waals surface area contributed by atoms with E-state index in [0.29, 0.717) is 23.9 Å². The molecule has 1 saturated carbocycles. The average molecular weight is 209 g/mol. The van der Waals surface area contributed by atoms with E-state index in [9.17, 15) is 0 Å². The van der Waals surface area contributed by atoms with Gasteiger partial charge in [-0.05, 0) is 31.1 Å². The van der Waals surface area contributed by atoms with Crippen molar-refractivity contribution in [1.29, 1.82) is 0 Å². The zero-order chi connectivity index (χ0) is 11.0. The Morgan fingerprint density at radius 2 is 1.93 bits per heavy atom. The lowest BCUT2D eigenvalue weighted by atomic mass is 9.82. The van der Waals surface area contributed by atoms with Gasteiger partial charge in [0.2, 0.25) is 0 Å². The summed E-state index contributed by atoms with van der Waals surface area (Å²) in [6, 6.07) is 0. The molecule has 2 rings (SSSR count). The SMILES string of the molecule is CCC(CC)C1=NO[C@H]2[C@@H]1[C@H](C)C[C@@H]2C. The van der Waals surface area contributed by atoms with E-state index in [1.165, 1.54) is 25.0 Å². The smallest absolute Gasteiger partial charge is 0.138 e. The lowest BCUT2D eigenvalue weighted by Gasteiger charge is -2.20. The van der Waals surface area contributed by atoms with Gasteiger partial charge >= 0.3 is 0 Å². The summed E-state index contributed by atoms with van der Waals surface area (Å²) in [5.41, 5.74) is 1.36. The first-order valence-electron chi connectivity index (χ1n) is 6.42. The summed E-state index contributed by atoms with van der Waals surface area (Å²) in [6.07, 6.45) is 4.08. The summed E-state index contributed by atoms with van der Waals surface area (Å²) >= 11 is 0. The highest BCUT2D eigenvalue weighted by atomic mass is 16.6. The van der Waals surface area contributed by atoms with E-state index < -0.39 is 0 Å². The predicted molar refractivity (Wildman–Crippen MR) is 62.8 cm³/mol. The number of hydrogen-bond acceptors (Lipinski definition) is 2. The average Bonchev–Trinajstić information content (AvgIpc) is 2.74. The van der Waals surface area contributed by atoms with E-state index in [4.69, 9.17) is 4.84 Å². The van der Waals surface area contributed by atoms with Crippen molar-refractivity contribution in [2.24, 2.45) is 28.8 Å². The van der Waals surface area contributed by atoms with Crippen LogP contribution in [-0.2, 0) is 4.84 Å². The zero-order valence-corrected chi connectivity index (χ0v) is 10.4. The molecule has 0 N–H and O–H groups in total. The fraction of sp³-hybridized carbons (Fsp3) is 0.923. The molecule has 0 radical (unpaired) electrons. The molecule has 15 heavy (non-hydrogen) atoms. The molecule has 4 atom stereocenters. The second-order valence-electron chi connectivity index (χ2n) is 5.32. The highest BCUT2D eigenvalue weighted by molar-refractivity contribution is 5.90. The van der Waals surface area contributed by atoms with Gasteiger partial charge in [-0.2, -0.15) is 0 Å². The second kappa shape index (κ2) is 4.15. The Bertz CT molecular complexity index is 257. The number of rotatable bonds is 3. The molecule has 0 bridgehead atoms. The molecule has 0 spiro atoms. The zero-order valence-electron chi connectivity index (χ0n) is 10.4.